The number of hydrogen-bond acceptors (Lipinski definition) is 1. The second-order valence-electron chi connectivity index (χ2n) is 4.62. The van der Waals surface area contributed by atoms with Gasteiger partial charge in [-0.3, -0.25) is 4.79 Å². The molecule has 2 nitrogen and oxygen atoms in total. The maximum atomic E-state index is 11.1. The molecule has 0 heterocycles. The molecule has 0 amide bonds. The summed E-state index contributed by atoms with van der Waals surface area (Å²) >= 11 is 0. The Morgan fingerprint density at radius 3 is 2.38 bits per heavy atom. The van der Waals surface area contributed by atoms with Crippen LogP contribution >= 0.6 is 0 Å². The van der Waals surface area contributed by atoms with Gasteiger partial charge < -0.3 is 5.11 Å². The van der Waals surface area contributed by atoms with E-state index in [4.69, 9.17) is 5.11 Å². The van der Waals surface area contributed by atoms with Crippen molar-refractivity contribution < 1.29 is 9.90 Å². The summed E-state index contributed by atoms with van der Waals surface area (Å²) in [6, 6.07) is 9.91. The Morgan fingerprint density at radius 1 is 1.25 bits per heavy atom. The van der Waals surface area contributed by atoms with Gasteiger partial charge in [0.2, 0.25) is 0 Å². The molecule has 2 rings (SSSR count). The molecular formula is C14H16O2. The molecule has 3 unspecified atom stereocenters. The highest BCUT2D eigenvalue weighted by Gasteiger charge is 2.54. The minimum Gasteiger partial charge on any atom is -0.481 e. The molecule has 1 aliphatic rings. The molecule has 1 N–H and O–H groups in total. The van der Waals surface area contributed by atoms with E-state index in [1.165, 1.54) is 5.57 Å². The van der Waals surface area contributed by atoms with Gasteiger partial charge in [0.05, 0.1) is 5.92 Å². The second kappa shape index (κ2) is 4.12. The third-order valence-electron chi connectivity index (χ3n) is 3.07. The Hall–Kier alpha value is -1.57. The topological polar surface area (TPSA) is 37.3 Å². The van der Waals surface area contributed by atoms with Crippen molar-refractivity contribution in [1.29, 1.82) is 0 Å². The zero-order valence-corrected chi connectivity index (χ0v) is 9.55. The van der Waals surface area contributed by atoms with Crippen LogP contribution in [0.2, 0.25) is 0 Å². The van der Waals surface area contributed by atoms with Crippen LogP contribution in [-0.2, 0) is 4.79 Å². The highest BCUT2D eigenvalue weighted by Crippen LogP contribution is 2.55. The van der Waals surface area contributed by atoms with Crippen LogP contribution in [0.5, 0.6) is 0 Å². The summed E-state index contributed by atoms with van der Waals surface area (Å²) in [6.07, 6.45) is 2.08. The van der Waals surface area contributed by atoms with E-state index in [2.05, 4.69) is 6.08 Å². The van der Waals surface area contributed by atoms with Crippen molar-refractivity contribution in [3.05, 3.63) is 47.5 Å². The molecule has 84 valence electrons. The molecule has 2 heteroatoms. The maximum absolute atomic E-state index is 11.1. The van der Waals surface area contributed by atoms with Crippen molar-refractivity contribution in [2.45, 2.75) is 19.8 Å². The normalized spacial score (nSPS) is 27.2. The fourth-order valence-electron chi connectivity index (χ4n) is 2.35. The molecule has 1 fully saturated rings. The van der Waals surface area contributed by atoms with Gasteiger partial charge in [-0.15, -0.1) is 0 Å². The van der Waals surface area contributed by atoms with E-state index in [1.54, 1.807) is 0 Å². The summed E-state index contributed by atoms with van der Waals surface area (Å²) in [6.45, 7) is 4.03. The lowest BCUT2D eigenvalue weighted by Gasteiger charge is -1.96. The van der Waals surface area contributed by atoms with Crippen LogP contribution in [0.25, 0.3) is 0 Å². The van der Waals surface area contributed by atoms with Gasteiger partial charge in [0.1, 0.15) is 0 Å². The molecule has 3 atom stereocenters. The number of benzene rings is 1. The standard InChI is InChI=1S/C14H16O2/c1-9(2)8-11-12(13(11)14(15)16)10-6-4-3-5-7-10/h3-8,11-13H,1-2H3,(H,15,16). The van der Waals surface area contributed by atoms with Gasteiger partial charge in [0, 0.05) is 5.92 Å². The van der Waals surface area contributed by atoms with Gasteiger partial charge in [-0.25, -0.2) is 0 Å². The number of rotatable bonds is 3. The molecule has 16 heavy (non-hydrogen) atoms. The first kappa shape index (κ1) is 10.9. The highest BCUT2D eigenvalue weighted by atomic mass is 16.4. The Labute approximate surface area is 95.6 Å². The van der Waals surface area contributed by atoms with E-state index in [1.807, 2.05) is 44.2 Å². The van der Waals surface area contributed by atoms with Gasteiger partial charge in [0.15, 0.2) is 0 Å². The minimum absolute atomic E-state index is 0.161. The van der Waals surface area contributed by atoms with E-state index in [-0.39, 0.29) is 17.8 Å². The fraction of sp³-hybridized carbons (Fsp3) is 0.357. The average molecular weight is 216 g/mol. The summed E-state index contributed by atoms with van der Waals surface area (Å²) in [5.41, 5.74) is 2.33. The van der Waals surface area contributed by atoms with E-state index >= 15 is 0 Å². The first-order valence-corrected chi connectivity index (χ1v) is 5.54. The molecule has 0 saturated heterocycles. The van der Waals surface area contributed by atoms with E-state index in [0.29, 0.717) is 0 Å². The van der Waals surface area contributed by atoms with Crippen molar-refractivity contribution in [2.24, 2.45) is 11.8 Å². The van der Waals surface area contributed by atoms with Crippen LogP contribution in [-0.4, -0.2) is 11.1 Å². The van der Waals surface area contributed by atoms with Crippen molar-refractivity contribution >= 4 is 5.97 Å². The summed E-state index contributed by atoms with van der Waals surface area (Å²) in [4.78, 5) is 11.1. The van der Waals surface area contributed by atoms with E-state index in [0.717, 1.165) is 5.56 Å². The van der Waals surface area contributed by atoms with E-state index in [9.17, 15) is 4.79 Å². The van der Waals surface area contributed by atoms with Gasteiger partial charge in [-0.2, -0.15) is 0 Å². The third kappa shape index (κ3) is 2.01. The fourth-order valence-corrected chi connectivity index (χ4v) is 2.35. The number of carboxylic acids is 1. The van der Waals surface area contributed by atoms with Crippen LogP contribution < -0.4 is 0 Å². The van der Waals surface area contributed by atoms with Crippen molar-refractivity contribution in [3.63, 3.8) is 0 Å². The van der Waals surface area contributed by atoms with Crippen LogP contribution in [0.15, 0.2) is 42.0 Å². The Morgan fingerprint density at radius 2 is 1.88 bits per heavy atom. The van der Waals surface area contributed by atoms with E-state index < -0.39 is 5.97 Å². The van der Waals surface area contributed by atoms with Crippen LogP contribution in [0.1, 0.15) is 25.3 Å². The molecule has 1 aliphatic carbocycles. The molecule has 1 saturated carbocycles. The summed E-state index contributed by atoms with van der Waals surface area (Å²) in [5.74, 6) is -0.591. The Bertz CT molecular complexity index is 416. The Kier molecular flexibility index (Phi) is 2.82. The molecule has 0 aliphatic heterocycles. The lowest BCUT2D eigenvalue weighted by Crippen LogP contribution is -1.99. The number of aliphatic carboxylic acids is 1. The number of carboxylic acid groups (broad SMARTS) is 1. The van der Waals surface area contributed by atoms with Gasteiger partial charge in [-0.05, 0) is 25.3 Å². The third-order valence-corrected chi connectivity index (χ3v) is 3.07. The largest absolute Gasteiger partial charge is 0.481 e. The first-order valence-electron chi connectivity index (χ1n) is 5.54. The highest BCUT2D eigenvalue weighted by molar-refractivity contribution is 5.77. The molecular weight excluding hydrogens is 200 g/mol. The molecule has 1 aromatic carbocycles. The predicted octanol–water partition coefficient (Wildman–Crippen LogP) is 3.07. The minimum atomic E-state index is -0.684. The molecule has 0 bridgehead atoms. The maximum Gasteiger partial charge on any atom is 0.307 e. The summed E-state index contributed by atoms with van der Waals surface area (Å²) in [5, 5.41) is 9.14. The summed E-state index contributed by atoms with van der Waals surface area (Å²) in [7, 11) is 0. The van der Waals surface area contributed by atoms with Crippen molar-refractivity contribution in [2.75, 3.05) is 0 Å². The smallest absolute Gasteiger partial charge is 0.307 e. The predicted molar refractivity (Wildman–Crippen MR) is 63.2 cm³/mol. The SMILES string of the molecule is CC(C)=CC1C(C(=O)O)C1c1ccccc1. The zero-order chi connectivity index (χ0) is 11.7. The quantitative estimate of drug-likeness (QED) is 0.788. The molecule has 0 spiro atoms. The first-order chi connectivity index (χ1) is 7.61. The van der Waals surface area contributed by atoms with Crippen molar-refractivity contribution in [3.8, 4) is 0 Å². The molecule has 0 radical (unpaired) electrons. The van der Waals surface area contributed by atoms with Crippen molar-refractivity contribution in [1.82, 2.24) is 0 Å². The summed E-state index contributed by atoms with van der Waals surface area (Å²) < 4.78 is 0. The number of hydrogen-bond donors (Lipinski definition) is 1. The van der Waals surface area contributed by atoms with Crippen LogP contribution in [0.4, 0.5) is 0 Å². The average Bonchev–Trinajstić information content (AvgIpc) is 2.92. The van der Waals surface area contributed by atoms with Gasteiger partial charge >= 0.3 is 5.97 Å². The van der Waals surface area contributed by atoms with Gasteiger partial charge in [0.25, 0.3) is 0 Å². The molecule has 1 aromatic rings. The number of allylic oxidation sites excluding steroid dienone is 2. The van der Waals surface area contributed by atoms with Crippen LogP contribution in [0.3, 0.4) is 0 Å². The Balaban J connectivity index is 2.23. The molecule has 0 aromatic heterocycles. The lowest BCUT2D eigenvalue weighted by atomic mass is 10.1. The lowest BCUT2D eigenvalue weighted by molar-refractivity contribution is -0.138. The monoisotopic (exact) mass is 216 g/mol. The van der Waals surface area contributed by atoms with Crippen LogP contribution in [0, 0.1) is 11.8 Å². The second-order valence-corrected chi connectivity index (χ2v) is 4.62. The zero-order valence-electron chi connectivity index (χ0n) is 9.55. The number of carbonyl (C=O) groups is 1. The van der Waals surface area contributed by atoms with Gasteiger partial charge in [-0.1, -0.05) is 42.0 Å².